The lowest BCUT2D eigenvalue weighted by Gasteiger charge is -2.16. The van der Waals surface area contributed by atoms with Crippen LogP contribution in [0.3, 0.4) is 0 Å². The summed E-state index contributed by atoms with van der Waals surface area (Å²) in [5.74, 6) is 0.952. The van der Waals surface area contributed by atoms with Gasteiger partial charge in [-0.05, 0) is 41.8 Å². The SMILES string of the molecule is COc1cc(OC)cc(-n2c(SCc3ccc(F)cc3Cl)nc3cc(C(=O)NCC(C)C)ccc3c2=O)c1. The maximum Gasteiger partial charge on any atom is 0.266 e. The number of amides is 1. The summed E-state index contributed by atoms with van der Waals surface area (Å²) in [4.78, 5) is 31.3. The monoisotopic (exact) mass is 555 g/mol. The molecule has 0 aliphatic carbocycles. The van der Waals surface area contributed by atoms with Crippen LogP contribution in [0.15, 0.2) is 64.5 Å². The fourth-order valence-electron chi connectivity index (χ4n) is 3.73. The van der Waals surface area contributed by atoms with E-state index in [0.29, 0.717) is 62.6 Å². The molecule has 0 fully saturated rings. The second-order valence-electron chi connectivity index (χ2n) is 8.97. The van der Waals surface area contributed by atoms with E-state index in [1.165, 1.54) is 42.7 Å². The number of hydrogen-bond donors (Lipinski definition) is 1. The first-order valence-corrected chi connectivity index (χ1v) is 13.2. The molecule has 0 spiro atoms. The zero-order valence-electron chi connectivity index (χ0n) is 21.4. The molecule has 198 valence electrons. The van der Waals surface area contributed by atoms with Gasteiger partial charge in [0.15, 0.2) is 5.16 Å². The van der Waals surface area contributed by atoms with Crippen LogP contribution in [0.2, 0.25) is 5.02 Å². The Morgan fingerprint density at radius 2 is 1.79 bits per heavy atom. The van der Waals surface area contributed by atoms with Crippen molar-refractivity contribution < 1.29 is 18.7 Å². The van der Waals surface area contributed by atoms with Gasteiger partial charge in [-0.3, -0.25) is 14.2 Å². The summed E-state index contributed by atoms with van der Waals surface area (Å²) in [6, 6.07) is 14.1. The van der Waals surface area contributed by atoms with Crippen molar-refractivity contribution in [1.82, 2.24) is 14.9 Å². The molecule has 1 aromatic heterocycles. The highest BCUT2D eigenvalue weighted by Crippen LogP contribution is 2.31. The van der Waals surface area contributed by atoms with Crippen LogP contribution in [0, 0.1) is 11.7 Å². The van der Waals surface area contributed by atoms with Crippen molar-refractivity contribution in [3.63, 3.8) is 0 Å². The molecule has 38 heavy (non-hydrogen) atoms. The first-order chi connectivity index (χ1) is 18.2. The van der Waals surface area contributed by atoms with Gasteiger partial charge < -0.3 is 14.8 Å². The minimum Gasteiger partial charge on any atom is -0.497 e. The first-order valence-electron chi connectivity index (χ1n) is 11.8. The number of methoxy groups -OCH3 is 2. The van der Waals surface area contributed by atoms with Gasteiger partial charge in [-0.2, -0.15) is 0 Å². The Balaban J connectivity index is 1.85. The minimum atomic E-state index is -0.434. The Bertz CT molecular complexity index is 1540. The number of nitrogens with one attached hydrogen (secondary N) is 1. The van der Waals surface area contributed by atoms with Gasteiger partial charge in [0, 0.05) is 41.1 Å². The Hall–Kier alpha value is -3.56. The number of aromatic nitrogens is 2. The number of fused-ring (bicyclic) bond motifs is 1. The minimum absolute atomic E-state index is 0.239. The number of nitrogens with zero attached hydrogens (tertiary/aromatic N) is 2. The van der Waals surface area contributed by atoms with Crippen molar-refractivity contribution in [3.8, 4) is 17.2 Å². The van der Waals surface area contributed by atoms with Crippen LogP contribution in [0.1, 0.15) is 29.8 Å². The molecule has 7 nitrogen and oxygen atoms in total. The topological polar surface area (TPSA) is 82.4 Å². The second-order valence-corrected chi connectivity index (χ2v) is 10.3. The van der Waals surface area contributed by atoms with Crippen molar-refractivity contribution in [3.05, 3.63) is 86.9 Å². The van der Waals surface area contributed by atoms with Gasteiger partial charge in [0.1, 0.15) is 17.3 Å². The van der Waals surface area contributed by atoms with E-state index in [-0.39, 0.29) is 16.5 Å². The highest BCUT2D eigenvalue weighted by atomic mass is 35.5. The zero-order chi connectivity index (χ0) is 27.4. The molecular weight excluding hydrogens is 529 g/mol. The largest absolute Gasteiger partial charge is 0.497 e. The Kier molecular flexibility index (Phi) is 8.58. The quantitative estimate of drug-likeness (QED) is 0.205. The predicted octanol–water partition coefficient (Wildman–Crippen LogP) is 5.87. The number of thioether (sulfide) groups is 1. The summed E-state index contributed by atoms with van der Waals surface area (Å²) in [5.41, 5.74) is 1.64. The molecule has 1 amide bonds. The lowest BCUT2D eigenvalue weighted by atomic mass is 10.1. The molecule has 3 aromatic carbocycles. The van der Waals surface area contributed by atoms with Crippen LogP contribution in [0.25, 0.3) is 16.6 Å². The van der Waals surface area contributed by atoms with Gasteiger partial charge in [-0.1, -0.05) is 43.3 Å². The molecule has 0 saturated heterocycles. The fraction of sp³-hybridized carbons (Fsp3) is 0.250. The van der Waals surface area contributed by atoms with E-state index < -0.39 is 5.82 Å². The Morgan fingerprint density at radius 3 is 2.42 bits per heavy atom. The van der Waals surface area contributed by atoms with Crippen LogP contribution in [0.5, 0.6) is 11.5 Å². The molecule has 0 unspecified atom stereocenters. The first kappa shape index (κ1) is 27.5. The highest BCUT2D eigenvalue weighted by molar-refractivity contribution is 7.98. The van der Waals surface area contributed by atoms with E-state index in [4.69, 9.17) is 26.1 Å². The molecule has 0 aliphatic rings. The van der Waals surface area contributed by atoms with Crippen LogP contribution in [-0.4, -0.2) is 36.2 Å². The Morgan fingerprint density at radius 1 is 1.08 bits per heavy atom. The number of hydrogen-bond acceptors (Lipinski definition) is 6. The zero-order valence-corrected chi connectivity index (χ0v) is 23.0. The van der Waals surface area contributed by atoms with Gasteiger partial charge in [0.25, 0.3) is 11.5 Å². The van der Waals surface area contributed by atoms with E-state index >= 15 is 0 Å². The van der Waals surface area contributed by atoms with E-state index in [9.17, 15) is 14.0 Å². The van der Waals surface area contributed by atoms with Crippen LogP contribution in [0.4, 0.5) is 4.39 Å². The molecule has 0 radical (unpaired) electrons. The maximum absolute atomic E-state index is 13.8. The summed E-state index contributed by atoms with van der Waals surface area (Å²) >= 11 is 7.51. The lowest BCUT2D eigenvalue weighted by Crippen LogP contribution is -2.27. The van der Waals surface area contributed by atoms with Crippen molar-refractivity contribution in [2.75, 3.05) is 20.8 Å². The summed E-state index contributed by atoms with van der Waals surface area (Å²) in [6.45, 7) is 4.55. The predicted molar refractivity (Wildman–Crippen MR) is 149 cm³/mol. The van der Waals surface area contributed by atoms with Crippen molar-refractivity contribution in [2.24, 2.45) is 5.92 Å². The number of rotatable bonds is 9. The van der Waals surface area contributed by atoms with Crippen LogP contribution in [-0.2, 0) is 5.75 Å². The summed E-state index contributed by atoms with van der Waals surface area (Å²) in [6.07, 6.45) is 0. The third-order valence-electron chi connectivity index (χ3n) is 5.74. The molecule has 1 N–H and O–H groups in total. The molecule has 4 rings (SSSR count). The van der Waals surface area contributed by atoms with Gasteiger partial charge in [-0.15, -0.1) is 0 Å². The third-order valence-corrected chi connectivity index (χ3v) is 7.08. The molecule has 0 atom stereocenters. The van der Waals surface area contributed by atoms with E-state index in [1.807, 2.05) is 13.8 Å². The molecule has 0 bridgehead atoms. The second kappa shape index (κ2) is 11.9. The van der Waals surface area contributed by atoms with E-state index in [0.717, 1.165) is 0 Å². The lowest BCUT2D eigenvalue weighted by molar-refractivity contribution is 0.0949. The number of halogens is 2. The normalized spacial score (nSPS) is 11.1. The van der Waals surface area contributed by atoms with Gasteiger partial charge in [0.2, 0.25) is 0 Å². The Labute approximate surface area is 228 Å². The molecule has 10 heteroatoms. The van der Waals surface area contributed by atoms with Gasteiger partial charge in [-0.25, -0.2) is 9.37 Å². The summed E-state index contributed by atoms with van der Waals surface area (Å²) in [7, 11) is 3.05. The van der Waals surface area contributed by atoms with Crippen molar-refractivity contribution >= 4 is 40.2 Å². The summed E-state index contributed by atoms with van der Waals surface area (Å²) in [5, 5.41) is 3.86. The highest BCUT2D eigenvalue weighted by Gasteiger charge is 2.18. The van der Waals surface area contributed by atoms with Crippen LogP contribution >= 0.6 is 23.4 Å². The molecule has 0 aliphatic heterocycles. The number of ether oxygens (including phenoxy) is 2. The average molecular weight is 556 g/mol. The molecule has 0 saturated carbocycles. The third kappa shape index (κ3) is 6.11. The smallest absolute Gasteiger partial charge is 0.266 e. The standard InChI is InChI=1S/C28H27ClFN3O4S/c1-16(2)14-31-26(34)17-6-8-23-25(9-17)32-28(38-15-18-5-7-19(30)10-24(18)29)33(27(23)35)20-11-21(36-3)13-22(12-20)37-4/h5-13,16H,14-15H2,1-4H3,(H,31,34). The van der Waals surface area contributed by atoms with E-state index in [1.54, 1.807) is 42.5 Å². The van der Waals surface area contributed by atoms with Crippen molar-refractivity contribution in [2.45, 2.75) is 24.8 Å². The van der Waals surface area contributed by atoms with E-state index in [2.05, 4.69) is 5.32 Å². The van der Waals surface area contributed by atoms with Gasteiger partial charge in [0.05, 0.1) is 30.8 Å². The molecule has 4 aromatic rings. The van der Waals surface area contributed by atoms with Crippen molar-refractivity contribution in [1.29, 1.82) is 0 Å². The molecule has 1 heterocycles. The fourth-order valence-corrected chi connectivity index (χ4v) is 5.06. The number of carbonyl (C=O) groups excluding carboxylic acids is 1. The van der Waals surface area contributed by atoms with Crippen LogP contribution < -0.4 is 20.3 Å². The average Bonchev–Trinajstić information content (AvgIpc) is 2.90. The number of benzene rings is 3. The number of carbonyl (C=O) groups is 1. The molecular formula is C28H27ClFN3O4S. The van der Waals surface area contributed by atoms with Gasteiger partial charge >= 0.3 is 0 Å². The summed E-state index contributed by atoms with van der Waals surface area (Å²) < 4.78 is 25.8. The maximum atomic E-state index is 13.8.